The van der Waals surface area contributed by atoms with Gasteiger partial charge >= 0.3 is 0 Å². The van der Waals surface area contributed by atoms with Crippen LogP contribution in [0.4, 0.5) is 0 Å². The fourth-order valence-electron chi connectivity index (χ4n) is 1.25. The summed E-state index contributed by atoms with van der Waals surface area (Å²) in [6, 6.07) is 0. The summed E-state index contributed by atoms with van der Waals surface area (Å²) < 4.78 is 0. The van der Waals surface area contributed by atoms with Gasteiger partial charge in [-0.3, -0.25) is 4.79 Å². The minimum absolute atomic E-state index is 0.115. The molecular formula is C11H21BrO. The first kappa shape index (κ1) is 13.2. The van der Waals surface area contributed by atoms with Crippen molar-refractivity contribution >= 4 is 21.7 Å². The summed E-state index contributed by atoms with van der Waals surface area (Å²) in [5, 5.41) is 0. The number of unbranched alkanes of at least 4 members (excludes halogenated alkanes) is 3. The van der Waals surface area contributed by atoms with Crippen LogP contribution in [0.3, 0.4) is 0 Å². The topological polar surface area (TPSA) is 17.1 Å². The van der Waals surface area contributed by atoms with Crippen LogP contribution in [0.2, 0.25) is 0 Å². The van der Waals surface area contributed by atoms with E-state index in [9.17, 15) is 4.79 Å². The third-order valence-corrected chi connectivity index (χ3v) is 3.16. The number of alkyl halides is 1. The number of halogens is 1. The number of rotatable bonds is 8. The highest BCUT2D eigenvalue weighted by Gasteiger charge is 2.12. The van der Waals surface area contributed by atoms with E-state index in [2.05, 4.69) is 29.8 Å². The van der Waals surface area contributed by atoms with Crippen molar-refractivity contribution in [2.45, 2.75) is 63.6 Å². The number of hydrogen-bond acceptors (Lipinski definition) is 1. The van der Waals surface area contributed by atoms with E-state index in [4.69, 9.17) is 0 Å². The van der Waals surface area contributed by atoms with Gasteiger partial charge in [0.05, 0.1) is 4.83 Å². The van der Waals surface area contributed by atoms with Gasteiger partial charge in [-0.1, -0.05) is 55.5 Å². The van der Waals surface area contributed by atoms with E-state index in [0.29, 0.717) is 5.78 Å². The Bertz CT molecular complexity index is 134. The molecule has 0 aromatic rings. The Balaban J connectivity index is 3.45. The van der Waals surface area contributed by atoms with Crippen molar-refractivity contribution < 1.29 is 4.79 Å². The predicted octanol–water partition coefficient (Wildman–Crippen LogP) is 4.09. The average Bonchev–Trinajstić information content (AvgIpc) is 2.14. The fourth-order valence-corrected chi connectivity index (χ4v) is 1.80. The molecule has 0 aromatic heterocycles. The first-order valence-electron chi connectivity index (χ1n) is 5.39. The van der Waals surface area contributed by atoms with Crippen molar-refractivity contribution in [3.05, 3.63) is 0 Å². The molecule has 0 saturated heterocycles. The van der Waals surface area contributed by atoms with Crippen molar-refractivity contribution in [3.8, 4) is 0 Å². The minimum Gasteiger partial charge on any atom is -0.298 e. The lowest BCUT2D eigenvalue weighted by atomic mass is 10.1. The highest BCUT2D eigenvalue weighted by atomic mass is 79.9. The molecule has 0 heterocycles. The Labute approximate surface area is 90.4 Å². The van der Waals surface area contributed by atoms with Crippen LogP contribution in [-0.4, -0.2) is 10.6 Å². The molecule has 0 aromatic carbocycles. The normalized spacial score (nSPS) is 12.8. The van der Waals surface area contributed by atoms with Crippen LogP contribution < -0.4 is 0 Å². The van der Waals surface area contributed by atoms with Crippen molar-refractivity contribution in [2.75, 3.05) is 0 Å². The molecule has 1 atom stereocenters. The fraction of sp³-hybridized carbons (Fsp3) is 0.909. The lowest BCUT2D eigenvalue weighted by molar-refractivity contribution is -0.118. The second-order valence-corrected chi connectivity index (χ2v) is 4.64. The molecule has 78 valence electrons. The maximum absolute atomic E-state index is 11.5. The molecule has 0 fully saturated rings. The molecule has 0 rings (SSSR count). The van der Waals surface area contributed by atoms with E-state index < -0.39 is 0 Å². The molecule has 1 unspecified atom stereocenters. The van der Waals surface area contributed by atoms with E-state index in [1.54, 1.807) is 0 Å². The van der Waals surface area contributed by atoms with Crippen LogP contribution in [0.5, 0.6) is 0 Å². The van der Waals surface area contributed by atoms with Gasteiger partial charge < -0.3 is 0 Å². The van der Waals surface area contributed by atoms with Gasteiger partial charge in [0.25, 0.3) is 0 Å². The van der Waals surface area contributed by atoms with E-state index in [1.807, 2.05) is 0 Å². The lowest BCUT2D eigenvalue weighted by Crippen LogP contribution is -2.13. The Hall–Kier alpha value is 0.150. The zero-order valence-corrected chi connectivity index (χ0v) is 10.4. The standard InChI is InChI=1S/C11H21BrO/c1-3-5-7-9-11(13)10(12)8-6-4-2/h10H,3-9H2,1-2H3. The Morgan fingerprint density at radius 2 is 1.77 bits per heavy atom. The highest BCUT2D eigenvalue weighted by molar-refractivity contribution is 9.10. The summed E-state index contributed by atoms with van der Waals surface area (Å²) in [5.74, 6) is 0.391. The van der Waals surface area contributed by atoms with Gasteiger partial charge in [-0.15, -0.1) is 0 Å². The largest absolute Gasteiger partial charge is 0.298 e. The number of ketones is 1. The van der Waals surface area contributed by atoms with E-state index in [1.165, 1.54) is 19.3 Å². The van der Waals surface area contributed by atoms with Crippen LogP contribution in [0.25, 0.3) is 0 Å². The molecule has 0 N–H and O–H groups in total. The molecule has 0 saturated carbocycles. The van der Waals surface area contributed by atoms with Gasteiger partial charge in [0, 0.05) is 6.42 Å². The molecule has 0 amide bonds. The van der Waals surface area contributed by atoms with Gasteiger partial charge in [-0.05, 0) is 12.8 Å². The van der Waals surface area contributed by atoms with Crippen molar-refractivity contribution in [1.82, 2.24) is 0 Å². The zero-order chi connectivity index (χ0) is 10.1. The smallest absolute Gasteiger partial charge is 0.146 e. The molecule has 13 heavy (non-hydrogen) atoms. The molecule has 0 bridgehead atoms. The second kappa shape index (κ2) is 8.74. The third kappa shape index (κ3) is 7.24. The average molecular weight is 249 g/mol. The summed E-state index contributed by atoms with van der Waals surface area (Å²) in [5.41, 5.74) is 0. The molecule has 0 aliphatic carbocycles. The third-order valence-electron chi connectivity index (χ3n) is 2.19. The summed E-state index contributed by atoms with van der Waals surface area (Å²) in [6.45, 7) is 4.31. The molecular weight excluding hydrogens is 228 g/mol. The number of Topliss-reactive ketones (excluding diaryl/α,β-unsaturated/α-hetero) is 1. The molecule has 0 aliphatic heterocycles. The molecule has 0 spiro atoms. The van der Waals surface area contributed by atoms with Crippen LogP contribution in [0.15, 0.2) is 0 Å². The Morgan fingerprint density at radius 3 is 2.31 bits per heavy atom. The first-order chi connectivity index (χ1) is 6.22. The second-order valence-electron chi connectivity index (χ2n) is 3.53. The van der Waals surface area contributed by atoms with Crippen molar-refractivity contribution in [2.24, 2.45) is 0 Å². The molecule has 0 aliphatic rings. The summed E-state index contributed by atoms with van der Waals surface area (Å²) in [7, 11) is 0. The van der Waals surface area contributed by atoms with E-state index in [-0.39, 0.29) is 4.83 Å². The maximum Gasteiger partial charge on any atom is 0.146 e. The number of hydrogen-bond donors (Lipinski definition) is 0. The van der Waals surface area contributed by atoms with Gasteiger partial charge in [0.2, 0.25) is 0 Å². The van der Waals surface area contributed by atoms with Crippen LogP contribution in [-0.2, 0) is 4.79 Å². The minimum atomic E-state index is 0.115. The quantitative estimate of drug-likeness (QED) is 0.467. The SMILES string of the molecule is CCCCCC(=O)C(Br)CCCC. The van der Waals surface area contributed by atoms with Gasteiger partial charge in [0.15, 0.2) is 0 Å². The summed E-state index contributed by atoms with van der Waals surface area (Å²) in [4.78, 5) is 11.6. The van der Waals surface area contributed by atoms with Gasteiger partial charge in [0.1, 0.15) is 5.78 Å². The molecule has 0 radical (unpaired) electrons. The van der Waals surface area contributed by atoms with E-state index in [0.717, 1.165) is 25.7 Å². The summed E-state index contributed by atoms with van der Waals surface area (Å²) >= 11 is 3.45. The van der Waals surface area contributed by atoms with Gasteiger partial charge in [-0.2, -0.15) is 0 Å². The Morgan fingerprint density at radius 1 is 1.15 bits per heavy atom. The zero-order valence-electron chi connectivity index (χ0n) is 8.81. The Kier molecular flexibility index (Phi) is 8.84. The van der Waals surface area contributed by atoms with Crippen LogP contribution in [0, 0.1) is 0 Å². The van der Waals surface area contributed by atoms with Gasteiger partial charge in [-0.25, -0.2) is 0 Å². The van der Waals surface area contributed by atoms with E-state index >= 15 is 0 Å². The summed E-state index contributed by atoms with van der Waals surface area (Å²) in [6.07, 6.45) is 7.51. The first-order valence-corrected chi connectivity index (χ1v) is 6.30. The van der Waals surface area contributed by atoms with Crippen molar-refractivity contribution in [3.63, 3.8) is 0 Å². The lowest BCUT2D eigenvalue weighted by Gasteiger charge is -2.07. The monoisotopic (exact) mass is 248 g/mol. The molecule has 1 nitrogen and oxygen atoms in total. The van der Waals surface area contributed by atoms with Crippen LogP contribution in [0.1, 0.15) is 58.8 Å². The highest BCUT2D eigenvalue weighted by Crippen LogP contribution is 2.14. The number of carbonyl (C=O) groups excluding carboxylic acids is 1. The molecule has 2 heteroatoms. The predicted molar refractivity (Wildman–Crippen MR) is 61.4 cm³/mol. The maximum atomic E-state index is 11.5. The van der Waals surface area contributed by atoms with Crippen molar-refractivity contribution in [1.29, 1.82) is 0 Å². The van der Waals surface area contributed by atoms with Crippen LogP contribution >= 0.6 is 15.9 Å². The number of carbonyl (C=O) groups is 1.